The van der Waals surface area contributed by atoms with E-state index in [-0.39, 0.29) is 11.9 Å². The molecular weight excluding hydrogens is 260 g/mol. The van der Waals surface area contributed by atoms with Crippen LogP contribution in [-0.4, -0.2) is 25.0 Å². The second-order valence-corrected chi connectivity index (χ2v) is 5.96. The van der Waals surface area contributed by atoms with E-state index >= 15 is 0 Å². The van der Waals surface area contributed by atoms with Crippen molar-refractivity contribution >= 4 is 16.7 Å². The molecule has 2 atom stereocenters. The van der Waals surface area contributed by atoms with E-state index in [1.165, 1.54) is 10.8 Å². The van der Waals surface area contributed by atoms with Crippen molar-refractivity contribution in [3.8, 4) is 0 Å². The zero-order chi connectivity index (χ0) is 14.7. The van der Waals surface area contributed by atoms with Gasteiger partial charge in [-0.25, -0.2) is 0 Å². The molecule has 2 aromatic rings. The van der Waals surface area contributed by atoms with Gasteiger partial charge >= 0.3 is 0 Å². The van der Waals surface area contributed by atoms with Crippen molar-refractivity contribution in [3.05, 3.63) is 48.0 Å². The van der Waals surface area contributed by atoms with E-state index in [4.69, 9.17) is 0 Å². The monoisotopic (exact) mass is 282 g/mol. The van der Waals surface area contributed by atoms with Gasteiger partial charge in [-0.1, -0.05) is 49.4 Å². The Morgan fingerprint density at radius 2 is 2.05 bits per heavy atom. The molecule has 21 heavy (non-hydrogen) atoms. The molecule has 0 bridgehead atoms. The number of hydrogen-bond donors (Lipinski definition) is 2. The van der Waals surface area contributed by atoms with Crippen LogP contribution in [0.25, 0.3) is 10.8 Å². The Kier molecular flexibility index (Phi) is 4.20. The fraction of sp³-hybridized carbons (Fsp3) is 0.389. The number of amides is 1. The Morgan fingerprint density at radius 1 is 1.24 bits per heavy atom. The Bertz CT molecular complexity index is 633. The average Bonchev–Trinajstić information content (AvgIpc) is 2.50. The van der Waals surface area contributed by atoms with Crippen molar-refractivity contribution in [2.24, 2.45) is 5.92 Å². The van der Waals surface area contributed by atoms with Crippen molar-refractivity contribution < 1.29 is 4.79 Å². The molecule has 2 aromatic carbocycles. The average molecular weight is 282 g/mol. The fourth-order valence-electron chi connectivity index (χ4n) is 3.06. The molecule has 0 aliphatic carbocycles. The van der Waals surface area contributed by atoms with E-state index in [9.17, 15) is 4.79 Å². The Morgan fingerprint density at radius 3 is 2.90 bits per heavy atom. The van der Waals surface area contributed by atoms with Gasteiger partial charge in [-0.3, -0.25) is 4.79 Å². The molecule has 1 fully saturated rings. The van der Waals surface area contributed by atoms with E-state index in [0.717, 1.165) is 25.1 Å². The quantitative estimate of drug-likeness (QED) is 0.908. The van der Waals surface area contributed by atoms with Gasteiger partial charge in [0.25, 0.3) is 0 Å². The van der Waals surface area contributed by atoms with Crippen LogP contribution in [0.5, 0.6) is 0 Å². The van der Waals surface area contributed by atoms with Gasteiger partial charge in [0.2, 0.25) is 5.91 Å². The summed E-state index contributed by atoms with van der Waals surface area (Å²) >= 11 is 0. The summed E-state index contributed by atoms with van der Waals surface area (Å²) in [7, 11) is 0. The number of benzene rings is 2. The predicted molar refractivity (Wildman–Crippen MR) is 86.2 cm³/mol. The number of rotatable bonds is 3. The van der Waals surface area contributed by atoms with Gasteiger partial charge in [-0.05, 0) is 35.2 Å². The summed E-state index contributed by atoms with van der Waals surface area (Å²) in [6, 6.07) is 14.6. The van der Waals surface area contributed by atoms with E-state index in [1.54, 1.807) is 0 Å². The molecule has 0 aromatic heterocycles. The minimum Gasteiger partial charge on any atom is -0.352 e. The first-order valence-corrected chi connectivity index (χ1v) is 7.71. The molecular formula is C18H22N2O. The van der Waals surface area contributed by atoms with Crippen molar-refractivity contribution in [2.75, 3.05) is 13.1 Å². The van der Waals surface area contributed by atoms with Crippen LogP contribution in [0.1, 0.15) is 18.9 Å². The summed E-state index contributed by atoms with van der Waals surface area (Å²) < 4.78 is 0. The van der Waals surface area contributed by atoms with Gasteiger partial charge in [-0.15, -0.1) is 0 Å². The minimum absolute atomic E-state index is 0.118. The third-order valence-corrected chi connectivity index (χ3v) is 4.40. The van der Waals surface area contributed by atoms with Crippen LogP contribution in [0.4, 0.5) is 0 Å². The van der Waals surface area contributed by atoms with Crippen molar-refractivity contribution in [1.82, 2.24) is 10.6 Å². The topological polar surface area (TPSA) is 41.1 Å². The van der Waals surface area contributed by atoms with Crippen LogP contribution in [-0.2, 0) is 11.2 Å². The smallest absolute Gasteiger partial charge is 0.224 e. The fourth-order valence-corrected chi connectivity index (χ4v) is 3.06. The van der Waals surface area contributed by atoms with E-state index in [0.29, 0.717) is 12.3 Å². The number of piperidine rings is 1. The first-order chi connectivity index (χ1) is 10.2. The van der Waals surface area contributed by atoms with E-state index < -0.39 is 0 Å². The van der Waals surface area contributed by atoms with Gasteiger partial charge < -0.3 is 10.6 Å². The lowest BCUT2D eigenvalue weighted by Crippen LogP contribution is -2.50. The van der Waals surface area contributed by atoms with Crippen molar-refractivity contribution in [1.29, 1.82) is 0 Å². The minimum atomic E-state index is 0.118. The van der Waals surface area contributed by atoms with Crippen molar-refractivity contribution in [2.45, 2.75) is 25.8 Å². The first kappa shape index (κ1) is 14.1. The number of carbonyl (C=O) groups is 1. The lowest BCUT2D eigenvalue weighted by molar-refractivity contribution is -0.121. The highest BCUT2D eigenvalue weighted by molar-refractivity contribution is 5.90. The third-order valence-electron chi connectivity index (χ3n) is 4.40. The molecule has 0 radical (unpaired) electrons. The zero-order valence-corrected chi connectivity index (χ0v) is 12.4. The molecule has 1 amide bonds. The Balaban J connectivity index is 1.71. The van der Waals surface area contributed by atoms with Crippen LogP contribution >= 0.6 is 0 Å². The number of nitrogens with one attached hydrogen (secondary N) is 2. The Hall–Kier alpha value is -1.87. The summed E-state index contributed by atoms with van der Waals surface area (Å²) in [5.41, 5.74) is 1.10. The summed E-state index contributed by atoms with van der Waals surface area (Å²) in [5, 5.41) is 8.89. The SMILES string of the molecule is CC1CCNCC1NC(=O)Cc1cccc2ccccc12. The van der Waals surface area contributed by atoms with Crippen LogP contribution in [0.3, 0.4) is 0 Å². The van der Waals surface area contributed by atoms with Crippen LogP contribution in [0.2, 0.25) is 0 Å². The predicted octanol–water partition coefficient (Wildman–Crippen LogP) is 2.50. The lowest BCUT2D eigenvalue weighted by Gasteiger charge is -2.30. The highest BCUT2D eigenvalue weighted by atomic mass is 16.1. The van der Waals surface area contributed by atoms with E-state index in [2.05, 4.69) is 35.8 Å². The summed E-state index contributed by atoms with van der Waals surface area (Å²) in [6.07, 6.45) is 1.57. The van der Waals surface area contributed by atoms with Gasteiger partial charge in [0.05, 0.1) is 6.42 Å². The highest BCUT2D eigenvalue weighted by Gasteiger charge is 2.22. The highest BCUT2D eigenvalue weighted by Crippen LogP contribution is 2.19. The molecule has 1 aliphatic heterocycles. The maximum atomic E-state index is 12.3. The van der Waals surface area contributed by atoms with Gasteiger partial charge in [-0.2, -0.15) is 0 Å². The summed E-state index contributed by atoms with van der Waals surface area (Å²) in [5.74, 6) is 0.662. The second kappa shape index (κ2) is 6.27. The first-order valence-electron chi connectivity index (χ1n) is 7.71. The summed E-state index contributed by atoms with van der Waals surface area (Å²) in [6.45, 7) is 4.14. The van der Waals surface area contributed by atoms with Crippen LogP contribution in [0, 0.1) is 5.92 Å². The summed E-state index contributed by atoms with van der Waals surface area (Å²) in [4.78, 5) is 12.3. The zero-order valence-electron chi connectivity index (χ0n) is 12.4. The molecule has 3 heteroatoms. The number of hydrogen-bond acceptors (Lipinski definition) is 2. The maximum absolute atomic E-state index is 12.3. The van der Waals surface area contributed by atoms with Gasteiger partial charge in [0.1, 0.15) is 0 Å². The molecule has 0 saturated carbocycles. The van der Waals surface area contributed by atoms with Crippen LogP contribution in [0.15, 0.2) is 42.5 Å². The number of fused-ring (bicyclic) bond motifs is 1. The molecule has 110 valence electrons. The largest absolute Gasteiger partial charge is 0.352 e. The lowest BCUT2D eigenvalue weighted by atomic mass is 9.94. The molecule has 3 nitrogen and oxygen atoms in total. The van der Waals surface area contributed by atoms with Crippen molar-refractivity contribution in [3.63, 3.8) is 0 Å². The van der Waals surface area contributed by atoms with Crippen LogP contribution < -0.4 is 10.6 Å². The second-order valence-electron chi connectivity index (χ2n) is 5.96. The van der Waals surface area contributed by atoms with Gasteiger partial charge in [0, 0.05) is 12.6 Å². The molecule has 0 spiro atoms. The molecule has 2 unspecified atom stereocenters. The maximum Gasteiger partial charge on any atom is 0.224 e. The Labute approximate surface area is 125 Å². The normalized spacial score (nSPS) is 22.1. The molecule has 1 heterocycles. The number of carbonyl (C=O) groups excluding carboxylic acids is 1. The van der Waals surface area contributed by atoms with Gasteiger partial charge in [0.15, 0.2) is 0 Å². The third kappa shape index (κ3) is 3.24. The molecule has 3 rings (SSSR count). The standard InChI is InChI=1S/C18H22N2O/c1-13-9-10-19-12-17(13)20-18(21)11-15-7-4-6-14-5-2-3-8-16(14)15/h2-8,13,17,19H,9-12H2,1H3,(H,20,21). The van der Waals surface area contributed by atoms with E-state index in [1.807, 2.05) is 24.3 Å². The molecule has 1 aliphatic rings. The molecule has 2 N–H and O–H groups in total. The molecule has 1 saturated heterocycles.